The highest BCUT2D eigenvalue weighted by molar-refractivity contribution is 9.10. The molecule has 28 heavy (non-hydrogen) atoms. The van der Waals surface area contributed by atoms with Crippen molar-refractivity contribution in [2.24, 2.45) is 0 Å². The van der Waals surface area contributed by atoms with Crippen molar-refractivity contribution in [1.29, 1.82) is 0 Å². The van der Waals surface area contributed by atoms with E-state index in [9.17, 15) is 22.0 Å². The summed E-state index contributed by atoms with van der Waals surface area (Å²) < 4.78 is 73.2. The molecule has 2 rings (SSSR count). The summed E-state index contributed by atoms with van der Waals surface area (Å²) in [5, 5.41) is 0.155. The number of benzene rings is 1. The molecular formula is C17H19BrClF5N2OS. The first kappa shape index (κ1) is 23.4. The second kappa shape index (κ2) is 8.49. The van der Waals surface area contributed by atoms with Gasteiger partial charge in [-0.25, -0.2) is 15.0 Å². The molecule has 0 N–H and O–H groups in total. The molecular weight excluding hydrogens is 491 g/mol. The molecule has 158 valence electrons. The number of hydrogen-bond donors (Lipinski definition) is 0. The third-order valence-electron chi connectivity index (χ3n) is 3.70. The molecule has 0 aliphatic heterocycles. The Bertz CT molecular complexity index is 836. The van der Waals surface area contributed by atoms with E-state index in [1.807, 2.05) is 0 Å². The van der Waals surface area contributed by atoms with Crippen molar-refractivity contribution in [1.82, 2.24) is 9.55 Å². The lowest BCUT2D eigenvalue weighted by atomic mass is 10.2. The third kappa shape index (κ3) is 5.61. The minimum atomic E-state index is -5.76. The number of imidazole rings is 1. The quantitative estimate of drug-likeness (QED) is 0.324. The number of ether oxygens (including phenoxy) is 1. The van der Waals surface area contributed by atoms with Crippen LogP contribution in [-0.2, 0) is 17.4 Å². The summed E-state index contributed by atoms with van der Waals surface area (Å²) in [5.41, 5.74) is -1.18. The zero-order chi connectivity index (χ0) is 21.3. The van der Waals surface area contributed by atoms with Gasteiger partial charge >= 0.3 is 12.1 Å². The largest absolute Gasteiger partial charge is 0.459 e. The maximum atomic E-state index is 13.8. The van der Waals surface area contributed by atoms with Crippen molar-refractivity contribution in [3.63, 3.8) is 0 Å². The molecule has 0 atom stereocenters. The van der Waals surface area contributed by atoms with Crippen LogP contribution >= 0.6 is 37.6 Å². The van der Waals surface area contributed by atoms with Gasteiger partial charge in [-0.05, 0) is 37.0 Å². The maximum Gasteiger partial charge on any atom is 0.459 e. The van der Waals surface area contributed by atoms with Gasteiger partial charge in [0.05, 0.1) is 11.6 Å². The van der Waals surface area contributed by atoms with Crippen molar-refractivity contribution in [2.45, 2.75) is 18.8 Å². The lowest BCUT2D eigenvalue weighted by molar-refractivity contribution is -0.290. The Morgan fingerprint density at radius 3 is 2.36 bits per heavy atom. The summed E-state index contributed by atoms with van der Waals surface area (Å²) in [7, 11) is -0.835. The van der Waals surface area contributed by atoms with Crippen LogP contribution in [0.1, 0.15) is 5.69 Å². The fourth-order valence-electron chi connectivity index (χ4n) is 2.17. The number of halogens is 7. The van der Waals surface area contributed by atoms with Gasteiger partial charge < -0.3 is 9.30 Å². The molecule has 0 bridgehead atoms. The molecule has 1 heterocycles. The first-order valence-corrected chi connectivity index (χ1v) is 12.1. The van der Waals surface area contributed by atoms with Crippen LogP contribution in [-0.4, -0.2) is 46.9 Å². The van der Waals surface area contributed by atoms with Crippen LogP contribution in [0.4, 0.5) is 22.0 Å². The molecule has 0 fully saturated rings. The van der Waals surface area contributed by atoms with E-state index in [1.54, 1.807) is 6.07 Å². The zero-order valence-corrected chi connectivity index (χ0v) is 18.4. The Morgan fingerprint density at radius 1 is 1.18 bits per heavy atom. The molecule has 0 saturated carbocycles. The van der Waals surface area contributed by atoms with Gasteiger partial charge in [-0.15, -0.1) is 0 Å². The van der Waals surface area contributed by atoms with Gasteiger partial charge in [0.2, 0.25) is 0 Å². The van der Waals surface area contributed by atoms with Crippen LogP contribution in [0.15, 0.2) is 28.9 Å². The Hall–Kier alpha value is -0.840. The zero-order valence-electron chi connectivity index (χ0n) is 15.3. The van der Waals surface area contributed by atoms with Gasteiger partial charge in [0.15, 0.2) is 0 Å². The number of alkyl halides is 5. The Morgan fingerprint density at radius 2 is 1.82 bits per heavy atom. The third-order valence-corrected chi connectivity index (χ3v) is 5.89. The summed E-state index contributed by atoms with van der Waals surface area (Å²) in [6, 6.07) is 4.58. The molecule has 2 aromatic rings. The van der Waals surface area contributed by atoms with Crippen molar-refractivity contribution in [2.75, 3.05) is 31.1 Å². The van der Waals surface area contributed by atoms with Crippen LogP contribution in [0.3, 0.4) is 0 Å². The number of hydrogen-bond acceptors (Lipinski definition) is 2. The average Bonchev–Trinajstić information content (AvgIpc) is 2.94. The average molecular weight is 510 g/mol. The van der Waals surface area contributed by atoms with Crippen molar-refractivity contribution >= 4 is 37.6 Å². The Kier molecular flexibility index (Phi) is 7.11. The predicted octanol–water partition coefficient (Wildman–Crippen LogP) is 6.29. The second-order valence-corrected chi connectivity index (χ2v) is 12.9. The highest BCUT2D eigenvalue weighted by Gasteiger charge is 2.60. The summed E-state index contributed by atoms with van der Waals surface area (Å²) in [4.78, 5) is 3.56. The van der Waals surface area contributed by atoms with Gasteiger partial charge in [-0.1, -0.05) is 27.5 Å². The van der Waals surface area contributed by atoms with Crippen LogP contribution in [0.25, 0.3) is 11.4 Å². The topological polar surface area (TPSA) is 27.1 Å². The normalized spacial score (nSPS) is 13.8. The molecule has 0 radical (unpaired) electrons. The van der Waals surface area contributed by atoms with Gasteiger partial charge in [0.25, 0.3) is 0 Å². The van der Waals surface area contributed by atoms with E-state index in [1.165, 1.54) is 12.1 Å². The number of aromatic nitrogens is 2. The molecule has 1 aromatic carbocycles. The lowest BCUT2D eigenvalue weighted by Crippen LogP contribution is -2.34. The van der Waals surface area contributed by atoms with Gasteiger partial charge in [-0.2, -0.15) is 22.0 Å². The van der Waals surface area contributed by atoms with E-state index in [0.29, 0.717) is 17.3 Å². The highest BCUT2D eigenvalue weighted by atomic mass is 79.9. The van der Waals surface area contributed by atoms with Crippen LogP contribution in [0.2, 0.25) is 5.02 Å². The van der Waals surface area contributed by atoms with E-state index >= 15 is 0 Å². The van der Waals surface area contributed by atoms with E-state index in [2.05, 4.69) is 39.7 Å². The van der Waals surface area contributed by atoms with Crippen LogP contribution < -0.4 is 0 Å². The fraction of sp³-hybridized carbons (Fsp3) is 0.471. The first-order valence-electron chi connectivity index (χ1n) is 7.94. The molecule has 11 heteroatoms. The van der Waals surface area contributed by atoms with E-state index in [0.717, 1.165) is 10.3 Å². The Labute approximate surface area is 174 Å². The minimum absolute atomic E-state index is 0.125. The molecule has 0 aliphatic carbocycles. The highest BCUT2D eigenvalue weighted by Crippen LogP contribution is 2.44. The molecule has 0 unspecified atom stereocenters. The number of rotatable bonds is 7. The van der Waals surface area contributed by atoms with Gasteiger partial charge in [0.1, 0.15) is 18.2 Å². The van der Waals surface area contributed by atoms with Crippen LogP contribution in [0, 0.1) is 0 Å². The van der Waals surface area contributed by atoms with Gasteiger partial charge in [-0.3, -0.25) is 0 Å². The summed E-state index contributed by atoms with van der Waals surface area (Å²) >= 11 is 9.36. The smallest absolute Gasteiger partial charge is 0.360 e. The predicted molar refractivity (Wildman–Crippen MR) is 107 cm³/mol. The number of nitrogens with zero attached hydrogens (tertiary/aromatic N) is 2. The molecule has 0 spiro atoms. The molecule has 0 amide bonds. The fourth-order valence-corrected chi connectivity index (χ4v) is 3.54. The first-order chi connectivity index (χ1) is 12.7. The second-order valence-electron chi connectivity index (χ2n) is 6.95. The summed E-state index contributed by atoms with van der Waals surface area (Å²) in [6.07, 6.45) is 1.16. The lowest BCUT2D eigenvalue weighted by Gasteiger charge is -2.24. The van der Waals surface area contributed by atoms with E-state index < -0.39 is 27.8 Å². The summed E-state index contributed by atoms with van der Waals surface area (Å²) in [5.74, 6) is -4.45. The van der Waals surface area contributed by atoms with E-state index in [-0.39, 0.29) is 23.1 Å². The van der Waals surface area contributed by atoms with Gasteiger partial charge in [0, 0.05) is 22.0 Å². The van der Waals surface area contributed by atoms with Crippen molar-refractivity contribution < 1.29 is 26.7 Å². The molecule has 3 nitrogen and oxygen atoms in total. The van der Waals surface area contributed by atoms with E-state index in [4.69, 9.17) is 16.3 Å². The summed E-state index contributed by atoms with van der Waals surface area (Å²) in [6.45, 7) is 0.119. The SMILES string of the molecule is CS(C)(C)CCOCn1cc(C(F)(F)C(F)(F)F)nc1-c1ccc(Br)cc1Cl. The minimum Gasteiger partial charge on any atom is -0.360 e. The van der Waals surface area contributed by atoms with Crippen LogP contribution in [0.5, 0.6) is 0 Å². The molecule has 0 saturated heterocycles. The monoisotopic (exact) mass is 508 g/mol. The molecule has 1 aromatic heterocycles. The Balaban J connectivity index is 2.41. The standard InChI is InChI=1S/C17H19BrClF5N2OS/c1-28(2,3)7-6-27-10-26-9-14(16(20,21)17(22,23)24)25-15(26)12-5-4-11(18)8-13(12)19/h4-5,8-9H,6-7,10H2,1-3H3. The molecule has 0 aliphatic rings. The van der Waals surface area contributed by atoms with Crippen molar-refractivity contribution in [3.05, 3.63) is 39.6 Å². The van der Waals surface area contributed by atoms with Crippen molar-refractivity contribution in [3.8, 4) is 11.4 Å². The maximum absolute atomic E-state index is 13.8.